The number of rotatable bonds is 2. The fourth-order valence-corrected chi connectivity index (χ4v) is 8.39. The van der Waals surface area contributed by atoms with E-state index in [1.165, 1.54) is 81.5 Å². The van der Waals surface area contributed by atoms with Gasteiger partial charge in [-0.2, -0.15) is 0 Å². The van der Waals surface area contributed by atoms with Crippen LogP contribution in [0.15, 0.2) is 174 Å². The summed E-state index contributed by atoms with van der Waals surface area (Å²) in [5.41, 5.74) is 6.85. The Bertz CT molecular complexity index is 3100. The highest BCUT2D eigenvalue weighted by Crippen LogP contribution is 2.47. The smallest absolute Gasteiger partial charge is 0.143 e. The molecule has 11 aromatic rings. The van der Waals surface area contributed by atoms with Crippen molar-refractivity contribution in [1.82, 2.24) is 0 Å². The van der Waals surface area contributed by atoms with Gasteiger partial charge in [-0.25, -0.2) is 0 Å². The van der Waals surface area contributed by atoms with Crippen LogP contribution >= 0.6 is 0 Å². The first-order valence-electron chi connectivity index (χ1n) is 16.9. The normalized spacial score (nSPS) is 12.1. The molecule has 0 saturated carbocycles. The van der Waals surface area contributed by atoms with Crippen LogP contribution in [0.5, 0.6) is 0 Å². The molecule has 0 aliphatic heterocycles. The molecular formula is C48H28O. The second-order valence-electron chi connectivity index (χ2n) is 13.2. The van der Waals surface area contributed by atoms with Crippen molar-refractivity contribution in [2.24, 2.45) is 0 Å². The third-order valence-corrected chi connectivity index (χ3v) is 10.6. The van der Waals surface area contributed by atoms with Crippen LogP contribution in [-0.2, 0) is 0 Å². The van der Waals surface area contributed by atoms with Gasteiger partial charge in [-0.05, 0) is 112 Å². The Morgan fingerprint density at radius 1 is 0.286 bits per heavy atom. The van der Waals surface area contributed by atoms with E-state index in [9.17, 15) is 0 Å². The van der Waals surface area contributed by atoms with Gasteiger partial charge in [-0.15, -0.1) is 0 Å². The summed E-state index contributed by atoms with van der Waals surface area (Å²) < 4.78 is 6.50. The van der Waals surface area contributed by atoms with Gasteiger partial charge >= 0.3 is 0 Å². The molecular weight excluding hydrogens is 593 g/mol. The van der Waals surface area contributed by atoms with Crippen LogP contribution in [-0.4, -0.2) is 0 Å². The second-order valence-corrected chi connectivity index (χ2v) is 13.2. The SMILES string of the molecule is c1ccc2cc3c(ccc4c(-c5c6ccccc6c(-c6ccc7oc8c9ccccc9ccc8c7c6)c6ccccc56)cccc43)cc2c1. The van der Waals surface area contributed by atoms with Crippen LogP contribution in [0.25, 0.3) is 109 Å². The molecule has 11 rings (SSSR count). The molecule has 0 saturated heterocycles. The van der Waals surface area contributed by atoms with Gasteiger partial charge in [0.15, 0.2) is 0 Å². The highest BCUT2D eigenvalue weighted by atomic mass is 16.3. The van der Waals surface area contributed by atoms with E-state index in [2.05, 4.69) is 170 Å². The van der Waals surface area contributed by atoms with Gasteiger partial charge in [-0.3, -0.25) is 0 Å². The summed E-state index contributed by atoms with van der Waals surface area (Å²) in [6, 6.07) is 62.2. The maximum absolute atomic E-state index is 6.50. The lowest BCUT2D eigenvalue weighted by atomic mass is 9.84. The lowest BCUT2D eigenvalue weighted by molar-refractivity contribution is 0.672. The Labute approximate surface area is 282 Å². The third-order valence-electron chi connectivity index (χ3n) is 10.6. The molecule has 0 aliphatic rings. The predicted octanol–water partition coefficient (Wildman–Crippen LogP) is 13.8. The average Bonchev–Trinajstić information content (AvgIpc) is 3.54. The van der Waals surface area contributed by atoms with Crippen molar-refractivity contribution in [2.45, 2.75) is 0 Å². The zero-order chi connectivity index (χ0) is 32.1. The Morgan fingerprint density at radius 2 is 0.878 bits per heavy atom. The van der Waals surface area contributed by atoms with Crippen molar-refractivity contribution in [3.8, 4) is 22.3 Å². The van der Waals surface area contributed by atoms with Crippen LogP contribution in [0.2, 0.25) is 0 Å². The fraction of sp³-hybridized carbons (Fsp3) is 0. The van der Waals surface area contributed by atoms with Crippen molar-refractivity contribution in [1.29, 1.82) is 0 Å². The Kier molecular flexibility index (Phi) is 5.45. The summed E-state index contributed by atoms with van der Waals surface area (Å²) >= 11 is 0. The monoisotopic (exact) mass is 620 g/mol. The van der Waals surface area contributed by atoms with E-state index in [4.69, 9.17) is 4.42 Å². The van der Waals surface area contributed by atoms with E-state index < -0.39 is 0 Å². The maximum Gasteiger partial charge on any atom is 0.143 e. The molecule has 0 fully saturated rings. The van der Waals surface area contributed by atoms with Gasteiger partial charge in [0, 0.05) is 16.2 Å². The Morgan fingerprint density at radius 3 is 1.63 bits per heavy atom. The summed E-state index contributed by atoms with van der Waals surface area (Å²) in [6.45, 7) is 0. The van der Waals surface area contributed by atoms with Crippen molar-refractivity contribution in [2.75, 3.05) is 0 Å². The van der Waals surface area contributed by atoms with Crippen LogP contribution in [0, 0.1) is 0 Å². The van der Waals surface area contributed by atoms with Crippen molar-refractivity contribution in [3.63, 3.8) is 0 Å². The highest BCUT2D eigenvalue weighted by molar-refractivity contribution is 6.26. The number of hydrogen-bond donors (Lipinski definition) is 0. The van der Waals surface area contributed by atoms with Gasteiger partial charge in [0.25, 0.3) is 0 Å². The first kappa shape index (κ1) is 26.6. The van der Waals surface area contributed by atoms with Crippen molar-refractivity contribution >= 4 is 86.6 Å². The van der Waals surface area contributed by atoms with E-state index in [-0.39, 0.29) is 0 Å². The Balaban J connectivity index is 1.21. The molecule has 49 heavy (non-hydrogen) atoms. The topological polar surface area (TPSA) is 13.1 Å². The second kappa shape index (κ2) is 10.0. The van der Waals surface area contributed by atoms with E-state index in [1.807, 2.05) is 0 Å². The summed E-state index contributed by atoms with van der Waals surface area (Å²) in [7, 11) is 0. The minimum Gasteiger partial charge on any atom is -0.455 e. The van der Waals surface area contributed by atoms with Crippen LogP contribution < -0.4 is 0 Å². The molecule has 0 aliphatic carbocycles. The van der Waals surface area contributed by atoms with E-state index in [1.54, 1.807) is 0 Å². The Hall–Kier alpha value is -6.44. The standard InChI is InChI=1S/C48H28O/c1-2-12-31-27-43-32(26-30(31)11-1)21-23-36-35(43)18-9-19-37(36)47-40-16-7-5-14-38(40)46(39-15-6-8-17-41(39)47)33-22-25-45-44(28-33)42-24-20-29-10-3-4-13-34(29)48(42)49-45/h1-28H. The maximum atomic E-state index is 6.50. The molecule has 1 heterocycles. The quantitative estimate of drug-likeness (QED) is 0.138. The van der Waals surface area contributed by atoms with Crippen molar-refractivity contribution in [3.05, 3.63) is 170 Å². The van der Waals surface area contributed by atoms with Crippen LogP contribution in [0.4, 0.5) is 0 Å². The zero-order valence-corrected chi connectivity index (χ0v) is 26.6. The molecule has 1 aromatic heterocycles. The number of benzene rings is 10. The van der Waals surface area contributed by atoms with Gasteiger partial charge in [0.1, 0.15) is 11.2 Å². The fourth-order valence-electron chi connectivity index (χ4n) is 8.39. The molecule has 226 valence electrons. The van der Waals surface area contributed by atoms with E-state index >= 15 is 0 Å². The first-order valence-corrected chi connectivity index (χ1v) is 16.9. The first-order chi connectivity index (χ1) is 24.3. The number of hydrogen-bond acceptors (Lipinski definition) is 1. The summed E-state index contributed by atoms with van der Waals surface area (Å²) in [4.78, 5) is 0. The van der Waals surface area contributed by atoms with Gasteiger partial charge in [0.2, 0.25) is 0 Å². The van der Waals surface area contributed by atoms with Crippen LogP contribution in [0.3, 0.4) is 0 Å². The molecule has 0 bridgehead atoms. The summed E-state index contributed by atoms with van der Waals surface area (Å²) in [6.07, 6.45) is 0. The molecule has 0 atom stereocenters. The van der Waals surface area contributed by atoms with Crippen LogP contribution in [0.1, 0.15) is 0 Å². The molecule has 1 heteroatoms. The molecule has 0 amide bonds. The molecule has 1 nitrogen and oxygen atoms in total. The highest BCUT2D eigenvalue weighted by Gasteiger charge is 2.19. The van der Waals surface area contributed by atoms with Gasteiger partial charge < -0.3 is 4.42 Å². The largest absolute Gasteiger partial charge is 0.455 e. The van der Waals surface area contributed by atoms with Gasteiger partial charge in [-0.1, -0.05) is 140 Å². The van der Waals surface area contributed by atoms with Crippen molar-refractivity contribution < 1.29 is 4.42 Å². The molecule has 10 aromatic carbocycles. The van der Waals surface area contributed by atoms with Gasteiger partial charge in [0.05, 0.1) is 0 Å². The molecule has 0 unspecified atom stereocenters. The molecule has 0 radical (unpaired) electrons. The summed E-state index contributed by atoms with van der Waals surface area (Å²) in [5.74, 6) is 0. The number of fused-ring (bicyclic) bond motifs is 11. The predicted molar refractivity (Wildman–Crippen MR) is 210 cm³/mol. The zero-order valence-electron chi connectivity index (χ0n) is 26.6. The average molecular weight is 621 g/mol. The lowest BCUT2D eigenvalue weighted by Crippen LogP contribution is -1.92. The summed E-state index contributed by atoms with van der Waals surface area (Å²) in [5, 5.41) is 17.3. The number of furan rings is 1. The minimum absolute atomic E-state index is 0.913. The minimum atomic E-state index is 0.913. The molecule has 0 N–H and O–H groups in total. The molecule has 0 spiro atoms. The van der Waals surface area contributed by atoms with E-state index in [0.29, 0.717) is 0 Å². The third kappa shape index (κ3) is 3.82. The lowest BCUT2D eigenvalue weighted by Gasteiger charge is -2.19. The van der Waals surface area contributed by atoms with E-state index in [0.717, 1.165) is 27.3 Å².